The lowest BCUT2D eigenvalue weighted by Crippen LogP contribution is -2.33. The van der Waals surface area contributed by atoms with E-state index in [9.17, 15) is 13.2 Å². The highest BCUT2D eigenvalue weighted by atomic mass is 32.2. The molecule has 1 aliphatic heterocycles. The Hall–Kier alpha value is -1.82. The molecule has 0 radical (unpaired) electrons. The summed E-state index contributed by atoms with van der Waals surface area (Å²) in [5.74, 6) is 0. The fourth-order valence-corrected chi connectivity index (χ4v) is 2.70. The Morgan fingerprint density at radius 2 is 2.11 bits per heavy atom. The Kier molecular flexibility index (Phi) is 3.61. The number of rotatable bonds is 2. The van der Waals surface area contributed by atoms with Gasteiger partial charge in [0.1, 0.15) is 0 Å². The smallest absolute Gasteiger partial charge is 0.407 e. The van der Waals surface area contributed by atoms with Crippen LogP contribution in [0.3, 0.4) is 0 Å². The first kappa shape index (κ1) is 13.6. The average Bonchev–Trinajstić information content (AvgIpc) is 2.38. The van der Waals surface area contributed by atoms with Crippen LogP contribution in [-0.2, 0) is 9.84 Å². The highest BCUT2D eigenvalue weighted by Crippen LogP contribution is 2.24. The van der Waals surface area contributed by atoms with Crippen molar-refractivity contribution in [3.63, 3.8) is 0 Å². The molecule has 6 heteroatoms. The number of hydrogen-bond donors (Lipinski definition) is 1. The zero-order valence-electron chi connectivity index (χ0n) is 10.5. The van der Waals surface area contributed by atoms with Gasteiger partial charge in [-0.1, -0.05) is 18.2 Å². The predicted octanol–water partition coefficient (Wildman–Crippen LogP) is 1.86. The molecule has 1 amide bonds. The molecule has 5 nitrogen and oxygen atoms in total. The minimum atomic E-state index is -3.22. The van der Waals surface area contributed by atoms with Crippen molar-refractivity contribution < 1.29 is 18.3 Å². The largest absolute Gasteiger partial charge is 0.465 e. The summed E-state index contributed by atoms with van der Waals surface area (Å²) >= 11 is 0. The minimum absolute atomic E-state index is 0.284. The maximum Gasteiger partial charge on any atom is 0.407 e. The zero-order chi connectivity index (χ0) is 14.0. The van der Waals surface area contributed by atoms with Crippen molar-refractivity contribution >= 4 is 21.5 Å². The number of sulfone groups is 1. The van der Waals surface area contributed by atoms with Crippen LogP contribution in [0.5, 0.6) is 0 Å². The van der Waals surface area contributed by atoms with Crippen molar-refractivity contribution in [1.82, 2.24) is 4.90 Å². The van der Waals surface area contributed by atoms with Gasteiger partial charge in [0.15, 0.2) is 9.84 Å². The molecule has 0 atom stereocenters. The Labute approximate surface area is 112 Å². The molecule has 102 valence electrons. The van der Waals surface area contributed by atoms with E-state index in [2.05, 4.69) is 0 Å². The van der Waals surface area contributed by atoms with Gasteiger partial charge >= 0.3 is 6.09 Å². The number of carboxylic acid groups (broad SMARTS) is 1. The van der Waals surface area contributed by atoms with Gasteiger partial charge in [0.2, 0.25) is 0 Å². The summed E-state index contributed by atoms with van der Waals surface area (Å²) in [5, 5.41) is 8.86. The maximum absolute atomic E-state index is 11.5. The first-order chi connectivity index (χ1) is 8.88. The van der Waals surface area contributed by atoms with Gasteiger partial charge in [-0.3, -0.25) is 0 Å². The second-order valence-corrected chi connectivity index (χ2v) is 6.52. The summed E-state index contributed by atoms with van der Waals surface area (Å²) in [6.45, 7) is 0.776. The molecule has 0 unspecified atom stereocenters. The molecule has 1 aromatic carbocycles. The Morgan fingerprint density at radius 1 is 1.37 bits per heavy atom. The summed E-state index contributed by atoms with van der Waals surface area (Å²) in [6.07, 6.45) is 2.67. The second-order valence-electron chi connectivity index (χ2n) is 4.51. The molecule has 0 bridgehead atoms. The van der Waals surface area contributed by atoms with Gasteiger partial charge in [-0.25, -0.2) is 13.2 Å². The van der Waals surface area contributed by atoms with Gasteiger partial charge < -0.3 is 10.0 Å². The maximum atomic E-state index is 11.5. The number of carbonyl (C=O) groups is 1. The van der Waals surface area contributed by atoms with E-state index in [0.29, 0.717) is 19.5 Å². The van der Waals surface area contributed by atoms with Crippen LogP contribution in [0.2, 0.25) is 0 Å². The Balaban J connectivity index is 2.27. The summed E-state index contributed by atoms with van der Waals surface area (Å²) in [6, 6.07) is 6.75. The number of benzene rings is 1. The van der Waals surface area contributed by atoms with Crippen LogP contribution in [0.4, 0.5) is 4.79 Å². The topological polar surface area (TPSA) is 74.7 Å². The average molecular weight is 281 g/mol. The van der Waals surface area contributed by atoms with Crippen molar-refractivity contribution in [3.8, 4) is 0 Å². The van der Waals surface area contributed by atoms with Crippen LogP contribution in [0.15, 0.2) is 35.2 Å². The van der Waals surface area contributed by atoms with Gasteiger partial charge in [-0.2, -0.15) is 0 Å². The van der Waals surface area contributed by atoms with Crippen LogP contribution in [0.1, 0.15) is 12.0 Å². The zero-order valence-corrected chi connectivity index (χ0v) is 11.4. The van der Waals surface area contributed by atoms with Crippen LogP contribution in [-0.4, -0.2) is 43.9 Å². The number of nitrogens with zero attached hydrogens (tertiary/aromatic N) is 1. The third kappa shape index (κ3) is 3.14. The van der Waals surface area contributed by atoms with E-state index in [1.165, 1.54) is 11.2 Å². The lowest BCUT2D eigenvalue weighted by Gasteiger charge is -2.23. The summed E-state index contributed by atoms with van der Waals surface area (Å²) in [5.41, 5.74) is 1.83. The highest BCUT2D eigenvalue weighted by Gasteiger charge is 2.17. The van der Waals surface area contributed by atoms with Crippen molar-refractivity contribution in [2.24, 2.45) is 0 Å². The first-order valence-corrected chi connectivity index (χ1v) is 7.74. The molecule has 0 saturated heterocycles. The minimum Gasteiger partial charge on any atom is -0.465 e. The van der Waals surface area contributed by atoms with Crippen LogP contribution in [0, 0.1) is 0 Å². The predicted molar refractivity (Wildman–Crippen MR) is 71.7 cm³/mol. The molecule has 0 saturated carbocycles. The molecule has 0 aromatic heterocycles. The van der Waals surface area contributed by atoms with E-state index < -0.39 is 15.9 Å². The molecule has 19 heavy (non-hydrogen) atoms. The first-order valence-electron chi connectivity index (χ1n) is 5.85. The van der Waals surface area contributed by atoms with Crippen molar-refractivity contribution in [2.75, 3.05) is 19.3 Å². The molecule has 2 rings (SSSR count). The highest BCUT2D eigenvalue weighted by molar-refractivity contribution is 7.90. The standard InChI is InChI=1S/C13H15NO4S/c1-19(17,18)12-4-2-3-11(9-12)10-5-7-14(8-6-10)13(15)16/h2-5,9H,6-8H2,1H3,(H,15,16). The fraction of sp³-hybridized carbons (Fsp3) is 0.308. The second kappa shape index (κ2) is 5.05. The molecule has 1 aliphatic rings. The summed E-state index contributed by atoms with van der Waals surface area (Å²) < 4.78 is 23.0. The van der Waals surface area contributed by atoms with Gasteiger partial charge in [-0.05, 0) is 29.7 Å². The third-order valence-electron chi connectivity index (χ3n) is 3.11. The molecular weight excluding hydrogens is 266 g/mol. The molecule has 0 spiro atoms. The van der Waals surface area contributed by atoms with E-state index in [-0.39, 0.29) is 4.90 Å². The lowest BCUT2D eigenvalue weighted by molar-refractivity contribution is 0.150. The van der Waals surface area contributed by atoms with E-state index in [1.807, 2.05) is 12.1 Å². The normalized spacial score (nSPS) is 16.1. The van der Waals surface area contributed by atoms with Crippen LogP contribution >= 0.6 is 0 Å². The molecule has 1 aromatic rings. The fourth-order valence-electron chi connectivity index (χ4n) is 2.03. The van der Waals surface area contributed by atoms with E-state index in [0.717, 1.165) is 11.1 Å². The van der Waals surface area contributed by atoms with Gasteiger partial charge in [0.05, 0.1) is 4.90 Å². The van der Waals surface area contributed by atoms with Crippen molar-refractivity contribution in [3.05, 3.63) is 35.9 Å². The molecule has 0 fully saturated rings. The van der Waals surface area contributed by atoms with E-state index in [1.54, 1.807) is 18.2 Å². The SMILES string of the molecule is CS(=O)(=O)c1cccc(C2=CCN(C(=O)O)CC2)c1. The van der Waals surface area contributed by atoms with Crippen molar-refractivity contribution in [2.45, 2.75) is 11.3 Å². The summed E-state index contributed by atoms with van der Waals surface area (Å²) in [7, 11) is -3.22. The number of amides is 1. The van der Waals surface area contributed by atoms with Gasteiger partial charge in [-0.15, -0.1) is 0 Å². The number of hydrogen-bond acceptors (Lipinski definition) is 3. The Bertz CT molecular complexity index is 634. The quantitative estimate of drug-likeness (QED) is 0.897. The van der Waals surface area contributed by atoms with Gasteiger partial charge in [0, 0.05) is 19.3 Å². The van der Waals surface area contributed by atoms with Crippen molar-refractivity contribution in [1.29, 1.82) is 0 Å². The molecular formula is C13H15NO4S. The van der Waals surface area contributed by atoms with E-state index in [4.69, 9.17) is 5.11 Å². The van der Waals surface area contributed by atoms with E-state index >= 15 is 0 Å². The van der Waals surface area contributed by atoms with Crippen LogP contribution < -0.4 is 0 Å². The molecule has 1 heterocycles. The van der Waals surface area contributed by atoms with Gasteiger partial charge in [0.25, 0.3) is 0 Å². The Morgan fingerprint density at radius 3 is 2.63 bits per heavy atom. The van der Waals surface area contributed by atoms with Crippen LogP contribution in [0.25, 0.3) is 5.57 Å². The molecule has 0 aliphatic carbocycles. The molecule has 1 N–H and O–H groups in total. The lowest BCUT2D eigenvalue weighted by atomic mass is 10.00. The monoisotopic (exact) mass is 281 g/mol. The summed E-state index contributed by atoms with van der Waals surface area (Å²) in [4.78, 5) is 12.4. The third-order valence-corrected chi connectivity index (χ3v) is 4.22.